The molecule has 2 aromatic carbocycles. The fraction of sp³-hybridized carbons (Fsp3) is 0.300. The molecule has 8 heteroatoms. The summed E-state index contributed by atoms with van der Waals surface area (Å²) in [4.78, 5) is 16.5. The molecular formula is C20H25BrN4O3. The highest BCUT2D eigenvalue weighted by Gasteiger charge is 2.07. The van der Waals surface area contributed by atoms with Crippen LogP contribution in [-0.2, 0) is 4.79 Å². The monoisotopic (exact) mass is 448 g/mol. The van der Waals surface area contributed by atoms with Crippen molar-refractivity contribution in [3.8, 4) is 11.5 Å². The van der Waals surface area contributed by atoms with E-state index < -0.39 is 0 Å². The molecule has 0 aliphatic rings. The summed E-state index contributed by atoms with van der Waals surface area (Å²) in [6, 6.07) is 13.0. The zero-order valence-corrected chi connectivity index (χ0v) is 17.8. The summed E-state index contributed by atoms with van der Waals surface area (Å²) in [6.45, 7) is 3.03. The van der Waals surface area contributed by atoms with Crippen molar-refractivity contribution >= 4 is 39.2 Å². The van der Waals surface area contributed by atoms with Gasteiger partial charge in [0.15, 0.2) is 17.5 Å². The highest BCUT2D eigenvalue weighted by Crippen LogP contribution is 2.29. The summed E-state index contributed by atoms with van der Waals surface area (Å²) in [5, 5.41) is 9.21. The highest BCUT2D eigenvalue weighted by atomic mass is 79.9. The molecule has 0 unspecified atom stereocenters. The Balaban J connectivity index is 1.94. The van der Waals surface area contributed by atoms with Gasteiger partial charge in [0.1, 0.15) is 0 Å². The van der Waals surface area contributed by atoms with Crippen LogP contribution in [-0.4, -0.2) is 39.2 Å². The van der Waals surface area contributed by atoms with Gasteiger partial charge >= 0.3 is 0 Å². The van der Waals surface area contributed by atoms with Crippen LogP contribution in [0.3, 0.4) is 0 Å². The number of hydrogen-bond acceptors (Lipinski definition) is 4. The van der Waals surface area contributed by atoms with Gasteiger partial charge in [-0.25, -0.2) is 0 Å². The molecule has 0 aliphatic carbocycles. The normalized spacial score (nSPS) is 10.9. The molecule has 0 fully saturated rings. The minimum Gasteiger partial charge on any atom is -0.493 e. The average Bonchev–Trinajstić information content (AvgIpc) is 2.69. The molecular weight excluding hydrogens is 424 g/mol. The zero-order chi connectivity index (χ0) is 20.4. The topological polar surface area (TPSA) is 84.0 Å². The molecule has 0 heterocycles. The smallest absolute Gasteiger partial charge is 0.226 e. The Morgan fingerprint density at radius 1 is 1.00 bits per heavy atom. The largest absolute Gasteiger partial charge is 0.493 e. The Bertz CT molecular complexity index is 810. The number of hydrogen-bond donors (Lipinski definition) is 3. The first kappa shape index (κ1) is 21.6. The summed E-state index contributed by atoms with van der Waals surface area (Å²) in [5.41, 5.74) is 1.56. The first-order valence-electron chi connectivity index (χ1n) is 8.88. The third kappa shape index (κ3) is 6.77. The summed E-state index contributed by atoms with van der Waals surface area (Å²) in [7, 11) is 3.18. The Morgan fingerprint density at radius 2 is 1.68 bits per heavy atom. The molecule has 0 radical (unpaired) electrons. The molecule has 7 nitrogen and oxygen atoms in total. The van der Waals surface area contributed by atoms with Crippen LogP contribution >= 0.6 is 15.9 Å². The van der Waals surface area contributed by atoms with E-state index in [0.717, 1.165) is 15.8 Å². The predicted octanol–water partition coefficient (Wildman–Crippen LogP) is 3.87. The minimum absolute atomic E-state index is 0.0898. The molecule has 0 spiro atoms. The van der Waals surface area contributed by atoms with Gasteiger partial charge in [-0.2, -0.15) is 0 Å². The van der Waals surface area contributed by atoms with Crippen molar-refractivity contribution < 1.29 is 14.3 Å². The maximum atomic E-state index is 12.1. The Hall–Kier alpha value is -2.74. The van der Waals surface area contributed by atoms with Gasteiger partial charge in [-0.15, -0.1) is 0 Å². The second-order valence-corrected chi connectivity index (χ2v) is 6.68. The van der Waals surface area contributed by atoms with E-state index in [1.165, 1.54) is 0 Å². The molecule has 0 atom stereocenters. The lowest BCUT2D eigenvalue weighted by Gasteiger charge is -2.13. The van der Waals surface area contributed by atoms with E-state index in [0.29, 0.717) is 30.5 Å². The van der Waals surface area contributed by atoms with Crippen LogP contribution in [0.25, 0.3) is 0 Å². The van der Waals surface area contributed by atoms with Crippen LogP contribution in [0.1, 0.15) is 13.3 Å². The summed E-state index contributed by atoms with van der Waals surface area (Å²) in [6.07, 6.45) is 0.276. The standard InChI is InChI=1S/C20H25BrN4O3/c1-4-22-20(25-16-9-10-17(27-2)18(13-16)28-3)23-12-11-19(26)24-15-7-5-14(21)6-8-15/h5-10,13H,4,11-12H2,1-3H3,(H,24,26)(H2,22,23,25). The Morgan fingerprint density at radius 3 is 2.32 bits per heavy atom. The molecule has 0 saturated heterocycles. The van der Waals surface area contributed by atoms with Crippen molar-refractivity contribution in [1.29, 1.82) is 0 Å². The maximum Gasteiger partial charge on any atom is 0.226 e. The molecule has 0 bridgehead atoms. The third-order valence-corrected chi connectivity index (χ3v) is 4.26. The SMILES string of the molecule is CCNC(=NCCC(=O)Nc1ccc(Br)cc1)Nc1ccc(OC)c(OC)c1. The minimum atomic E-state index is -0.0898. The number of carbonyl (C=O) groups excluding carboxylic acids is 1. The van der Waals surface area contributed by atoms with Gasteiger partial charge in [0.25, 0.3) is 0 Å². The number of halogens is 1. The molecule has 3 N–H and O–H groups in total. The van der Waals surface area contributed by atoms with Gasteiger partial charge in [0.05, 0.1) is 20.8 Å². The van der Waals surface area contributed by atoms with E-state index in [9.17, 15) is 4.79 Å². The molecule has 0 saturated carbocycles. The summed E-state index contributed by atoms with van der Waals surface area (Å²) >= 11 is 3.37. The van der Waals surface area contributed by atoms with Crippen LogP contribution in [0.2, 0.25) is 0 Å². The predicted molar refractivity (Wildman–Crippen MR) is 117 cm³/mol. The molecule has 0 aromatic heterocycles. The van der Waals surface area contributed by atoms with Gasteiger partial charge in [0.2, 0.25) is 5.91 Å². The molecule has 1 amide bonds. The zero-order valence-electron chi connectivity index (χ0n) is 16.2. The van der Waals surface area contributed by atoms with E-state index in [1.807, 2.05) is 49.4 Å². The quantitative estimate of drug-likeness (QED) is 0.421. The fourth-order valence-corrected chi connectivity index (χ4v) is 2.65. The van der Waals surface area contributed by atoms with Crippen molar-refractivity contribution in [1.82, 2.24) is 5.32 Å². The number of ether oxygens (including phenoxy) is 2. The number of rotatable bonds is 8. The second-order valence-electron chi connectivity index (χ2n) is 5.76. The first-order chi connectivity index (χ1) is 13.5. The van der Waals surface area contributed by atoms with Gasteiger partial charge < -0.3 is 25.4 Å². The number of nitrogens with zero attached hydrogens (tertiary/aromatic N) is 1. The number of nitrogens with one attached hydrogen (secondary N) is 3. The fourth-order valence-electron chi connectivity index (χ4n) is 2.38. The first-order valence-corrected chi connectivity index (χ1v) is 9.67. The number of methoxy groups -OCH3 is 2. The van der Waals surface area contributed by atoms with Crippen LogP contribution in [0.5, 0.6) is 11.5 Å². The van der Waals surface area contributed by atoms with E-state index >= 15 is 0 Å². The third-order valence-electron chi connectivity index (χ3n) is 3.73. The van der Waals surface area contributed by atoms with Gasteiger partial charge in [0, 0.05) is 34.9 Å². The van der Waals surface area contributed by atoms with Gasteiger partial charge in [-0.05, 0) is 43.3 Å². The van der Waals surface area contributed by atoms with Crippen molar-refractivity contribution in [2.75, 3.05) is 37.9 Å². The van der Waals surface area contributed by atoms with E-state index in [-0.39, 0.29) is 12.3 Å². The molecule has 0 aliphatic heterocycles. The van der Waals surface area contributed by atoms with E-state index in [2.05, 4.69) is 36.9 Å². The van der Waals surface area contributed by atoms with Crippen LogP contribution in [0.4, 0.5) is 11.4 Å². The lowest BCUT2D eigenvalue weighted by molar-refractivity contribution is -0.116. The summed E-state index contributed by atoms with van der Waals surface area (Å²) < 4.78 is 11.5. The van der Waals surface area contributed by atoms with Crippen molar-refractivity contribution in [2.45, 2.75) is 13.3 Å². The van der Waals surface area contributed by atoms with Crippen molar-refractivity contribution in [3.63, 3.8) is 0 Å². The number of benzene rings is 2. The number of amides is 1. The van der Waals surface area contributed by atoms with Crippen molar-refractivity contribution in [2.24, 2.45) is 4.99 Å². The van der Waals surface area contributed by atoms with E-state index in [1.54, 1.807) is 14.2 Å². The van der Waals surface area contributed by atoms with Crippen LogP contribution in [0.15, 0.2) is 51.9 Å². The number of aliphatic imine (C=N–C) groups is 1. The second kappa shape index (κ2) is 11.2. The van der Waals surface area contributed by atoms with Crippen LogP contribution < -0.4 is 25.4 Å². The number of anilines is 2. The van der Waals surface area contributed by atoms with Crippen LogP contribution in [0, 0.1) is 0 Å². The summed E-state index contributed by atoms with van der Waals surface area (Å²) in [5.74, 6) is 1.77. The number of carbonyl (C=O) groups is 1. The average molecular weight is 449 g/mol. The maximum absolute atomic E-state index is 12.1. The van der Waals surface area contributed by atoms with Gasteiger partial charge in [-0.3, -0.25) is 9.79 Å². The Labute approximate surface area is 173 Å². The molecule has 2 aromatic rings. The Kier molecular flexibility index (Phi) is 8.61. The lowest BCUT2D eigenvalue weighted by Crippen LogP contribution is -2.31. The molecule has 150 valence electrons. The van der Waals surface area contributed by atoms with Gasteiger partial charge in [-0.1, -0.05) is 15.9 Å². The number of guanidine groups is 1. The lowest BCUT2D eigenvalue weighted by atomic mass is 10.2. The van der Waals surface area contributed by atoms with E-state index in [4.69, 9.17) is 9.47 Å². The molecule has 2 rings (SSSR count). The van der Waals surface area contributed by atoms with Crippen molar-refractivity contribution in [3.05, 3.63) is 46.9 Å². The highest BCUT2D eigenvalue weighted by molar-refractivity contribution is 9.10. The molecule has 28 heavy (non-hydrogen) atoms.